The van der Waals surface area contributed by atoms with Crippen molar-refractivity contribution in [2.75, 3.05) is 7.11 Å². The number of benzene rings is 2. The predicted octanol–water partition coefficient (Wildman–Crippen LogP) is 3.67. The molecule has 0 bridgehead atoms. The Kier molecular flexibility index (Phi) is 4.71. The molecular weight excluding hydrogens is 390 g/mol. The van der Waals surface area contributed by atoms with Crippen LogP contribution in [0.5, 0.6) is 5.75 Å². The summed E-state index contributed by atoms with van der Waals surface area (Å²) in [6.07, 6.45) is 2.56. The van der Waals surface area contributed by atoms with Crippen LogP contribution in [0.15, 0.2) is 71.7 Å². The summed E-state index contributed by atoms with van der Waals surface area (Å²) in [7, 11) is 1.62. The summed E-state index contributed by atoms with van der Waals surface area (Å²) in [6.45, 7) is 2.38. The van der Waals surface area contributed by atoms with Gasteiger partial charge in [0.25, 0.3) is 11.3 Å². The van der Waals surface area contributed by atoms with Gasteiger partial charge < -0.3 is 9.30 Å². The Hall–Kier alpha value is -4.00. The van der Waals surface area contributed by atoms with Crippen molar-refractivity contribution >= 4 is 16.7 Å². The van der Waals surface area contributed by atoms with Crippen LogP contribution in [0.3, 0.4) is 0 Å². The topological polar surface area (TPSA) is 74.3 Å². The smallest absolute Gasteiger partial charge is 0.262 e. The van der Waals surface area contributed by atoms with Gasteiger partial charge in [-0.15, -0.1) is 5.10 Å². The van der Waals surface area contributed by atoms with Gasteiger partial charge in [0.2, 0.25) is 0 Å². The van der Waals surface area contributed by atoms with Gasteiger partial charge in [-0.25, -0.2) is 4.98 Å². The van der Waals surface area contributed by atoms with E-state index in [2.05, 4.69) is 27.2 Å². The third kappa shape index (κ3) is 3.34. The molecule has 0 saturated carbocycles. The van der Waals surface area contributed by atoms with E-state index in [1.165, 1.54) is 5.56 Å². The van der Waals surface area contributed by atoms with Crippen LogP contribution in [0.2, 0.25) is 0 Å². The van der Waals surface area contributed by atoms with Gasteiger partial charge >= 0.3 is 0 Å². The Morgan fingerprint density at radius 2 is 1.74 bits per heavy atom. The van der Waals surface area contributed by atoms with Crippen molar-refractivity contribution in [3.63, 3.8) is 0 Å². The maximum atomic E-state index is 13.6. The molecule has 0 N–H and O–H groups in total. The summed E-state index contributed by atoms with van der Waals surface area (Å²) in [5, 5.41) is 5.02. The number of rotatable bonds is 5. The molecule has 0 aliphatic rings. The Balaban J connectivity index is 1.76. The van der Waals surface area contributed by atoms with Gasteiger partial charge in [0.05, 0.1) is 23.7 Å². The third-order valence-electron chi connectivity index (χ3n) is 5.35. The normalized spacial score (nSPS) is 11.3. The highest BCUT2D eigenvalue weighted by Gasteiger charge is 2.20. The number of fused-ring (bicyclic) bond motifs is 2. The van der Waals surface area contributed by atoms with Crippen molar-refractivity contribution in [2.45, 2.75) is 19.9 Å². The quantitative estimate of drug-likeness (QED) is 0.441. The van der Waals surface area contributed by atoms with Gasteiger partial charge in [0, 0.05) is 18.3 Å². The van der Waals surface area contributed by atoms with E-state index in [1.54, 1.807) is 22.4 Å². The van der Waals surface area contributed by atoms with Crippen LogP contribution in [0.4, 0.5) is 0 Å². The Bertz CT molecular complexity index is 1450. The summed E-state index contributed by atoms with van der Waals surface area (Å²) in [4.78, 5) is 22.6. The molecule has 0 fully saturated rings. The number of pyridine rings is 1. The standard InChI is InChI=1S/C24H21N5O2/c1-16-25-24-26-19-13-15-28(14-12-17-8-4-3-5-9-17)23(30)21(19)22(29(24)27-16)18-10-6-7-11-20(18)31-2/h3-11,13,15H,12,14H2,1-2H3. The van der Waals surface area contributed by atoms with Gasteiger partial charge in [-0.3, -0.25) is 4.79 Å². The zero-order valence-electron chi connectivity index (χ0n) is 17.3. The lowest BCUT2D eigenvalue weighted by atomic mass is 10.1. The number of para-hydroxylation sites is 1. The number of nitrogens with zero attached hydrogens (tertiary/aromatic N) is 5. The van der Waals surface area contributed by atoms with E-state index in [9.17, 15) is 4.79 Å². The first kappa shape index (κ1) is 19.0. The summed E-state index contributed by atoms with van der Waals surface area (Å²) in [5.74, 6) is 1.69. The fraction of sp³-hybridized carbons (Fsp3) is 0.167. The summed E-state index contributed by atoms with van der Waals surface area (Å²) in [5.41, 5.74) is 3.06. The van der Waals surface area contributed by atoms with E-state index < -0.39 is 0 Å². The van der Waals surface area contributed by atoms with Crippen LogP contribution < -0.4 is 10.3 Å². The fourth-order valence-electron chi connectivity index (χ4n) is 3.88. The highest BCUT2D eigenvalue weighted by atomic mass is 16.5. The van der Waals surface area contributed by atoms with Gasteiger partial charge in [0.15, 0.2) is 0 Å². The van der Waals surface area contributed by atoms with Crippen LogP contribution in [0, 0.1) is 6.92 Å². The number of ether oxygens (including phenoxy) is 1. The number of hydrogen-bond donors (Lipinski definition) is 0. The molecule has 0 radical (unpaired) electrons. The molecule has 0 aliphatic heterocycles. The minimum Gasteiger partial charge on any atom is -0.496 e. The first-order valence-corrected chi connectivity index (χ1v) is 10.1. The lowest BCUT2D eigenvalue weighted by molar-refractivity contribution is 0.416. The second-order valence-electron chi connectivity index (χ2n) is 7.34. The van der Waals surface area contributed by atoms with Crippen molar-refractivity contribution in [3.05, 3.63) is 88.6 Å². The van der Waals surface area contributed by atoms with E-state index in [-0.39, 0.29) is 5.56 Å². The molecule has 0 saturated heterocycles. The Morgan fingerprint density at radius 3 is 2.55 bits per heavy atom. The second kappa shape index (κ2) is 7.68. The molecule has 0 unspecified atom stereocenters. The Labute approximate surface area is 178 Å². The minimum absolute atomic E-state index is 0.114. The molecule has 0 atom stereocenters. The number of methoxy groups -OCH3 is 1. The van der Waals surface area contributed by atoms with Crippen molar-refractivity contribution in [3.8, 4) is 17.0 Å². The number of aryl methyl sites for hydroxylation is 3. The molecule has 0 amide bonds. The number of hydrogen-bond acceptors (Lipinski definition) is 5. The first-order chi connectivity index (χ1) is 15.2. The molecular formula is C24H21N5O2. The van der Waals surface area contributed by atoms with Gasteiger partial charge in [-0.1, -0.05) is 42.5 Å². The molecule has 5 aromatic rings. The monoisotopic (exact) mass is 411 g/mol. The van der Waals surface area contributed by atoms with Gasteiger partial charge in [0.1, 0.15) is 11.6 Å². The largest absolute Gasteiger partial charge is 0.496 e. The van der Waals surface area contributed by atoms with Crippen LogP contribution >= 0.6 is 0 Å². The zero-order valence-corrected chi connectivity index (χ0v) is 17.3. The molecule has 7 nitrogen and oxygen atoms in total. The summed E-state index contributed by atoms with van der Waals surface area (Å²) in [6, 6.07) is 19.6. The van der Waals surface area contributed by atoms with Crippen molar-refractivity contribution < 1.29 is 4.74 Å². The van der Waals surface area contributed by atoms with Gasteiger partial charge in [-0.05, 0) is 37.1 Å². The first-order valence-electron chi connectivity index (χ1n) is 10.1. The molecule has 3 aromatic heterocycles. The third-order valence-corrected chi connectivity index (χ3v) is 5.35. The minimum atomic E-state index is -0.114. The summed E-state index contributed by atoms with van der Waals surface area (Å²) < 4.78 is 8.95. The van der Waals surface area contributed by atoms with Crippen LogP contribution in [0.25, 0.3) is 27.9 Å². The highest BCUT2D eigenvalue weighted by molar-refractivity contribution is 5.94. The Morgan fingerprint density at radius 1 is 0.968 bits per heavy atom. The predicted molar refractivity (Wildman–Crippen MR) is 119 cm³/mol. The molecule has 7 heteroatoms. The number of aromatic nitrogens is 5. The van der Waals surface area contributed by atoms with Crippen molar-refractivity contribution in [1.29, 1.82) is 0 Å². The second-order valence-corrected chi connectivity index (χ2v) is 7.34. The van der Waals surface area contributed by atoms with Crippen molar-refractivity contribution in [1.82, 2.24) is 24.1 Å². The van der Waals surface area contributed by atoms with E-state index in [4.69, 9.17) is 4.74 Å². The van der Waals surface area contributed by atoms with Gasteiger partial charge in [-0.2, -0.15) is 9.50 Å². The maximum absolute atomic E-state index is 13.6. The molecule has 31 heavy (non-hydrogen) atoms. The molecule has 5 rings (SSSR count). The van der Waals surface area contributed by atoms with Crippen LogP contribution in [-0.2, 0) is 13.0 Å². The molecule has 154 valence electrons. The maximum Gasteiger partial charge on any atom is 0.262 e. The average Bonchev–Trinajstić information content (AvgIpc) is 3.17. The lowest BCUT2D eigenvalue weighted by Crippen LogP contribution is -2.22. The average molecular weight is 411 g/mol. The van der Waals surface area contributed by atoms with E-state index in [0.29, 0.717) is 40.5 Å². The summed E-state index contributed by atoms with van der Waals surface area (Å²) >= 11 is 0. The zero-order chi connectivity index (χ0) is 21.4. The molecule has 3 heterocycles. The van der Waals surface area contributed by atoms with Crippen LogP contribution in [-0.4, -0.2) is 31.3 Å². The van der Waals surface area contributed by atoms with Crippen molar-refractivity contribution in [2.24, 2.45) is 0 Å². The molecule has 2 aromatic carbocycles. The van der Waals surface area contributed by atoms with E-state index in [0.717, 1.165) is 12.0 Å². The van der Waals surface area contributed by atoms with Crippen LogP contribution in [0.1, 0.15) is 11.4 Å². The lowest BCUT2D eigenvalue weighted by Gasteiger charge is -2.13. The highest BCUT2D eigenvalue weighted by Crippen LogP contribution is 2.33. The molecule has 0 spiro atoms. The fourth-order valence-corrected chi connectivity index (χ4v) is 3.88. The van der Waals surface area contributed by atoms with E-state index >= 15 is 0 Å². The molecule has 0 aliphatic carbocycles. The van der Waals surface area contributed by atoms with E-state index in [1.807, 2.05) is 55.5 Å². The SMILES string of the molecule is COc1ccccc1-c1c2c(=O)n(CCc3ccccc3)ccc2nc2nc(C)nn12.